The van der Waals surface area contributed by atoms with E-state index in [-0.39, 0.29) is 12.1 Å². The number of hydrogen-bond donors (Lipinski definition) is 2. The fourth-order valence-corrected chi connectivity index (χ4v) is 3.35. The average molecular weight is 283 g/mol. The van der Waals surface area contributed by atoms with Crippen LogP contribution in [-0.2, 0) is 0 Å². The van der Waals surface area contributed by atoms with Crippen LogP contribution in [0.15, 0.2) is 36.9 Å². The van der Waals surface area contributed by atoms with Crippen LogP contribution in [0.3, 0.4) is 0 Å². The van der Waals surface area contributed by atoms with E-state index in [1.807, 2.05) is 12.1 Å². The molecule has 3 unspecified atom stereocenters. The zero-order chi connectivity index (χ0) is 14.2. The molecule has 1 aliphatic carbocycles. The second-order valence-electron chi connectivity index (χ2n) is 5.82. The molecule has 21 heavy (non-hydrogen) atoms. The minimum absolute atomic E-state index is 0.163. The van der Waals surface area contributed by atoms with Crippen LogP contribution in [0.2, 0.25) is 0 Å². The van der Waals surface area contributed by atoms with Gasteiger partial charge in [-0.1, -0.05) is 6.07 Å². The summed E-state index contributed by atoms with van der Waals surface area (Å²) in [6.07, 6.45) is 9.16. The molecule has 1 amide bonds. The molecule has 2 aliphatic rings. The SMILES string of the molecule is O=C(NC1CC2CNC1C2)n1cc(-c2cccnc2)cn1. The number of pyridine rings is 1. The van der Waals surface area contributed by atoms with Crippen LogP contribution in [0.25, 0.3) is 11.1 Å². The standard InChI is InChI=1S/C15H17N5O/c21-15(19-14-5-10-4-13(14)17-6-10)20-9-12(8-18-20)11-2-1-3-16-7-11/h1-3,7-10,13-14,17H,4-6H2,(H,19,21). The zero-order valence-electron chi connectivity index (χ0n) is 11.6. The second kappa shape index (κ2) is 4.96. The van der Waals surface area contributed by atoms with E-state index < -0.39 is 0 Å². The Morgan fingerprint density at radius 2 is 2.29 bits per heavy atom. The normalized spacial score (nSPS) is 27.0. The number of rotatable bonds is 2. The first-order valence-corrected chi connectivity index (χ1v) is 7.29. The lowest BCUT2D eigenvalue weighted by molar-refractivity contribution is 0.231. The van der Waals surface area contributed by atoms with Crippen molar-refractivity contribution in [2.45, 2.75) is 24.9 Å². The molecule has 1 saturated carbocycles. The fraction of sp³-hybridized carbons (Fsp3) is 0.400. The first-order chi connectivity index (χ1) is 10.3. The van der Waals surface area contributed by atoms with Crippen molar-refractivity contribution in [2.24, 2.45) is 5.92 Å². The minimum Gasteiger partial charge on any atom is -0.332 e. The molecular weight excluding hydrogens is 266 g/mol. The number of aromatic nitrogens is 3. The molecule has 2 fully saturated rings. The fourth-order valence-electron chi connectivity index (χ4n) is 3.35. The molecule has 108 valence electrons. The summed E-state index contributed by atoms with van der Waals surface area (Å²) >= 11 is 0. The van der Waals surface area contributed by atoms with Crippen LogP contribution in [-0.4, -0.2) is 39.4 Å². The largest absolute Gasteiger partial charge is 0.342 e. The Bertz CT molecular complexity index is 653. The van der Waals surface area contributed by atoms with Crippen LogP contribution in [0, 0.1) is 5.92 Å². The van der Waals surface area contributed by atoms with E-state index in [0.29, 0.717) is 12.0 Å². The first kappa shape index (κ1) is 12.5. The maximum Gasteiger partial charge on any atom is 0.342 e. The highest BCUT2D eigenvalue weighted by atomic mass is 16.2. The van der Waals surface area contributed by atoms with Gasteiger partial charge in [0.05, 0.1) is 6.20 Å². The van der Waals surface area contributed by atoms with E-state index in [4.69, 9.17) is 0 Å². The molecule has 1 aliphatic heterocycles. The van der Waals surface area contributed by atoms with Crippen LogP contribution in [0.1, 0.15) is 12.8 Å². The van der Waals surface area contributed by atoms with Gasteiger partial charge in [0.2, 0.25) is 0 Å². The summed E-state index contributed by atoms with van der Waals surface area (Å²) in [6, 6.07) is 4.30. The third kappa shape index (κ3) is 2.31. The lowest BCUT2D eigenvalue weighted by Crippen LogP contribution is -2.49. The highest BCUT2D eigenvalue weighted by Crippen LogP contribution is 2.31. The van der Waals surface area contributed by atoms with E-state index in [1.54, 1.807) is 24.8 Å². The molecule has 0 radical (unpaired) electrons. The van der Waals surface area contributed by atoms with E-state index in [2.05, 4.69) is 20.7 Å². The van der Waals surface area contributed by atoms with Gasteiger partial charge in [-0.25, -0.2) is 4.79 Å². The van der Waals surface area contributed by atoms with Gasteiger partial charge in [-0.05, 0) is 31.4 Å². The van der Waals surface area contributed by atoms with E-state index in [1.165, 1.54) is 11.1 Å². The summed E-state index contributed by atoms with van der Waals surface area (Å²) in [5, 5.41) is 10.7. The molecule has 3 heterocycles. The van der Waals surface area contributed by atoms with Gasteiger partial charge in [0.25, 0.3) is 0 Å². The lowest BCUT2D eigenvalue weighted by atomic mass is 10.1. The third-order valence-electron chi connectivity index (χ3n) is 4.42. The highest BCUT2D eigenvalue weighted by molar-refractivity contribution is 5.77. The Kier molecular flexibility index (Phi) is 2.96. The Morgan fingerprint density at radius 1 is 1.33 bits per heavy atom. The van der Waals surface area contributed by atoms with Gasteiger partial charge in [-0.3, -0.25) is 4.98 Å². The van der Waals surface area contributed by atoms with Crippen LogP contribution in [0.4, 0.5) is 4.79 Å². The number of nitrogens with zero attached hydrogens (tertiary/aromatic N) is 3. The lowest BCUT2D eigenvalue weighted by Gasteiger charge is -2.23. The number of fused-ring (bicyclic) bond motifs is 2. The summed E-state index contributed by atoms with van der Waals surface area (Å²) in [4.78, 5) is 16.3. The minimum atomic E-state index is -0.163. The Hall–Kier alpha value is -2.21. The molecule has 3 atom stereocenters. The Morgan fingerprint density at radius 3 is 3.00 bits per heavy atom. The van der Waals surface area contributed by atoms with Crippen molar-refractivity contribution < 1.29 is 4.79 Å². The Balaban J connectivity index is 1.47. The summed E-state index contributed by atoms with van der Waals surface area (Å²) in [6.45, 7) is 1.09. The average Bonchev–Trinajstić information content (AvgIpc) is 3.24. The van der Waals surface area contributed by atoms with Gasteiger partial charge in [0.15, 0.2) is 0 Å². The van der Waals surface area contributed by atoms with E-state index >= 15 is 0 Å². The van der Waals surface area contributed by atoms with E-state index in [0.717, 1.165) is 24.1 Å². The van der Waals surface area contributed by atoms with Crippen molar-refractivity contribution in [3.8, 4) is 11.1 Å². The smallest absolute Gasteiger partial charge is 0.332 e. The van der Waals surface area contributed by atoms with E-state index in [9.17, 15) is 4.79 Å². The van der Waals surface area contributed by atoms with Crippen molar-refractivity contribution in [3.63, 3.8) is 0 Å². The predicted octanol–water partition coefficient (Wildman–Crippen LogP) is 1.25. The molecule has 2 aromatic rings. The number of piperidine rings is 1. The molecule has 2 bridgehead atoms. The highest BCUT2D eigenvalue weighted by Gasteiger charge is 2.40. The van der Waals surface area contributed by atoms with Crippen LogP contribution in [0.5, 0.6) is 0 Å². The van der Waals surface area contributed by atoms with Gasteiger partial charge in [-0.15, -0.1) is 0 Å². The number of amides is 1. The third-order valence-corrected chi connectivity index (χ3v) is 4.42. The second-order valence-corrected chi connectivity index (χ2v) is 5.82. The number of nitrogens with one attached hydrogen (secondary N) is 2. The molecule has 0 aromatic carbocycles. The van der Waals surface area contributed by atoms with Gasteiger partial charge in [-0.2, -0.15) is 9.78 Å². The molecular formula is C15H17N5O. The van der Waals surface area contributed by atoms with Crippen molar-refractivity contribution in [1.29, 1.82) is 0 Å². The van der Waals surface area contributed by atoms with Gasteiger partial charge in [0.1, 0.15) is 0 Å². The monoisotopic (exact) mass is 283 g/mol. The molecule has 2 N–H and O–H groups in total. The van der Waals surface area contributed by atoms with Gasteiger partial charge in [0, 0.05) is 41.8 Å². The zero-order valence-corrected chi connectivity index (χ0v) is 11.6. The predicted molar refractivity (Wildman–Crippen MR) is 77.7 cm³/mol. The van der Waals surface area contributed by atoms with Crippen LogP contribution >= 0.6 is 0 Å². The molecule has 1 saturated heterocycles. The topological polar surface area (TPSA) is 71.8 Å². The molecule has 4 rings (SSSR count). The molecule has 6 heteroatoms. The van der Waals surface area contributed by atoms with Crippen molar-refractivity contribution in [1.82, 2.24) is 25.4 Å². The van der Waals surface area contributed by atoms with Crippen molar-refractivity contribution >= 4 is 6.03 Å². The first-order valence-electron chi connectivity index (χ1n) is 7.29. The van der Waals surface area contributed by atoms with Gasteiger partial charge >= 0.3 is 6.03 Å². The van der Waals surface area contributed by atoms with Crippen molar-refractivity contribution in [2.75, 3.05) is 6.54 Å². The Labute approximate surface area is 122 Å². The number of carbonyl (C=O) groups excluding carboxylic acids is 1. The summed E-state index contributed by atoms with van der Waals surface area (Å²) < 4.78 is 1.37. The number of carbonyl (C=O) groups is 1. The molecule has 0 spiro atoms. The quantitative estimate of drug-likeness (QED) is 0.870. The number of hydrogen-bond acceptors (Lipinski definition) is 4. The molecule has 2 aromatic heterocycles. The van der Waals surface area contributed by atoms with Crippen molar-refractivity contribution in [3.05, 3.63) is 36.9 Å². The maximum absolute atomic E-state index is 12.3. The maximum atomic E-state index is 12.3. The van der Waals surface area contributed by atoms with Crippen LogP contribution < -0.4 is 10.6 Å². The molecule has 6 nitrogen and oxygen atoms in total. The summed E-state index contributed by atoms with van der Waals surface area (Å²) in [5.74, 6) is 0.712. The van der Waals surface area contributed by atoms with Gasteiger partial charge < -0.3 is 10.6 Å². The summed E-state index contributed by atoms with van der Waals surface area (Å²) in [5.41, 5.74) is 1.85. The summed E-state index contributed by atoms with van der Waals surface area (Å²) in [7, 11) is 0.